The standard InChI is InChI=1S/C45H61NO16/c1-13-31(49)59-34-32-23(4)28(58-39(53)33(50)27(17-22(2)3)46-40(54)62-41(6,7)8)20-45(55,42(32,9)10)37(60-38(52)25-15-14-16-26(18-25)56-12)35-43(11,36(34)51)29(48)19-30-44(35,21-57-30)61-24(5)47/h14-18,27-30,33-35,37,48,50,55H,13,19-21H2,1-12H3,(H,46,54)/t27-,28-,29-,30+,33+,34+,35?,37?,43+,44-,45+/m0/s1. The monoisotopic (exact) mass is 871 g/mol. The molecule has 5 rings (SSSR count). The number of methoxy groups -OCH3 is 1. The van der Waals surface area contributed by atoms with Crippen LogP contribution in [-0.4, -0.2) is 124 Å². The molecule has 4 N–H and O–H groups in total. The van der Waals surface area contributed by atoms with Gasteiger partial charge in [0, 0.05) is 31.6 Å². The number of fused-ring (bicyclic) bond motifs is 5. The van der Waals surface area contributed by atoms with Crippen molar-refractivity contribution in [2.75, 3.05) is 13.7 Å². The van der Waals surface area contributed by atoms with Gasteiger partial charge in [-0.15, -0.1) is 0 Å². The van der Waals surface area contributed by atoms with Gasteiger partial charge in [0.2, 0.25) is 0 Å². The minimum Gasteiger partial charge on any atom is -0.497 e. The Hall–Kier alpha value is -4.84. The Morgan fingerprint density at radius 2 is 1.71 bits per heavy atom. The lowest BCUT2D eigenvalue weighted by molar-refractivity contribution is -0.346. The number of alkyl carbamates (subject to hydrolysis) is 1. The van der Waals surface area contributed by atoms with Gasteiger partial charge in [-0.2, -0.15) is 0 Å². The summed E-state index contributed by atoms with van der Waals surface area (Å²) in [5.74, 6) is -6.02. The number of amides is 1. The molecular formula is C45H61NO16. The molecule has 3 aliphatic carbocycles. The molecule has 0 radical (unpaired) electrons. The third-order valence-corrected chi connectivity index (χ3v) is 12.8. The van der Waals surface area contributed by atoms with Gasteiger partial charge in [0.25, 0.3) is 0 Å². The van der Waals surface area contributed by atoms with Crippen molar-refractivity contribution in [1.29, 1.82) is 0 Å². The maximum absolute atomic E-state index is 15.6. The van der Waals surface area contributed by atoms with E-state index in [1.807, 2.05) is 0 Å². The van der Waals surface area contributed by atoms with Crippen LogP contribution in [0.2, 0.25) is 0 Å². The van der Waals surface area contributed by atoms with E-state index in [1.165, 1.54) is 46.1 Å². The largest absolute Gasteiger partial charge is 0.497 e. The highest BCUT2D eigenvalue weighted by molar-refractivity contribution is 5.96. The lowest BCUT2D eigenvalue weighted by Gasteiger charge is -2.67. The van der Waals surface area contributed by atoms with Crippen molar-refractivity contribution in [3.8, 4) is 5.75 Å². The van der Waals surface area contributed by atoms with Gasteiger partial charge >= 0.3 is 30.0 Å². The van der Waals surface area contributed by atoms with Crippen molar-refractivity contribution in [3.05, 3.63) is 52.6 Å². The van der Waals surface area contributed by atoms with Gasteiger partial charge < -0.3 is 53.8 Å². The Kier molecular flexibility index (Phi) is 13.5. The molecule has 1 aromatic carbocycles. The number of rotatable bonds is 11. The highest BCUT2D eigenvalue weighted by Crippen LogP contribution is 2.64. The molecule has 1 saturated heterocycles. The second-order valence-electron chi connectivity index (χ2n) is 18.6. The van der Waals surface area contributed by atoms with E-state index in [9.17, 15) is 39.3 Å². The van der Waals surface area contributed by atoms with E-state index in [0.29, 0.717) is 11.3 Å². The van der Waals surface area contributed by atoms with E-state index in [0.717, 1.165) is 6.92 Å². The average molecular weight is 872 g/mol. The fourth-order valence-electron chi connectivity index (χ4n) is 9.61. The van der Waals surface area contributed by atoms with Crippen LogP contribution >= 0.6 is 0 Å². The Morgan fingerprint density at radius 1 is 1.05 bits per heavy atom. The van der Waals surface area contributed by atoms with Crippen molar-refractivity contribution in [2.24, 2.45) is 16.7 Å². The molecule has 0 aromatic heterocycles. The van der Waals surface area contributed by atoms with E-state index in [2.05, 4.69) is 5.32 Å². The van der Waals surface area contributed by atoms with Crippen molar-refractivity contribution in [1.82, 2.24) is 5.32 Å². The van der Waals surface area contributed by atoms with Crippen LogP contribution in [0.3, 0.4) is 0 Å². The first-order valence-electron chi connectivity index (χ1n) is 20.7. The first-order valence-corrected chi connectivity index (χ1v) is 20.7. The Balaban J connectivity index is 1.76. The zero-order chi connectivity index (χ0) is 46.5. The molecule has 3 fully saturated rings. The predicted octanol–water partition coefficient (Wildman–Crippen LogP) is 3.82. The Morgan fingerprint density at radius 3 is 2.26 bits per heavy atom. The highest BCUT2D eigenvalue weighted by Gasteiger charge is 2.78. The molecule has 62 heavy (non-hydrogen) atoms. The van der Waals surface area contributed by atoms with Crippen LogP contribution in [0.15, 0.2) is 47.1 Å². The molecule has 1 aromatic rings. The molecule has 17 heteroatoms. The number of esters is 4. The topological polar surface area (TPSA) is 240 Å². The fraction of sp³-hybridized carbons (Fsp3) is 0.644. The van der Waals surface area contributed by atoms with Crippen LogP contribution in [-0.2, 0) is 47.6 Å². The molecule has 1 heterocycles. The molecule has 17 nitrogen and oxygen atoms in total. The SMILES string of the molecule is CCC(=O)O[C@H]1C(=O)[C@@]2(C)C(C(OC(=O)c3cccc(OC)c3)[C@]3(O)C[C@H](OC(=O)[C@H](O)[C@H](C=C(C)C)NC(=O)OC(C)(C)C)C(C)=C1C3(C)C)[C@]1(OC(C)=O)CO[C@@H]1C[C@@H]2O. The van der Waals surface area contributed by atoms with Gasteiger partial charge in [-0.1, -0.05) is 38.5 Å². The summed E-state index contributed by atoms with van der Waals surface area (Å²) < 4.78 is 41.1. The van der Waals surface area contributed by atoms with Gasteiger partial charge in [-0.25, -0.2) is 14.4 Å². The van der Waals surface area contributed by atoms with Crippen molar-refractivity contribution in [3.63, 3.8) is 0 Å². The first kappa shape index (κ1) is 48.2. The second-order valence-corrected chi connectivity index (χ2v) is 18.6. The highest BCUT2D eigenvalue weighted by atomic mass is 16.6. The van der Waals surface area contributed by atoms with Crippen molar-refractivity contribution < 1.29 is 77.2 Å². The van der Waals surface area contributed by atoms with Crippen molar-refractivity contribution >= 4 is 35.8 Å². The first-order chi connectivity index (χ1) is 28.7. The lowest BCUT2D eigenvalue weighted by Crippen LogP contribution is -2.82. The van der Waals surface area contributed by atoms with E-state index in [4.69, 9.17) is 33.2 Å². The normalized spacial score (nSPS) is 32.1. The van der Waals surface area contributed by atoms with E-state index in [1.54, 1.807) is 60.6 Å². The number of carbonyl (C=O) groups excluding carboxylic acids is 6. The van der Waals surface area contributed by atoms with E-state index in [-0.39, 0.29) is 36.2 Å². The van der Waals surface area contributed by atoms with E-state index < -0.39 is 118 Å². The van der Waals surface area contributed by atoms with E-state index >= 15 is 4.79 Å². The van der Waals surface area contributed by atoms with Gasteiger partial charge in [0.15, 0.2) is 23.6 Å². The van der Waals surface area contributed by atoms with Gasteiger partial charge in [-0.3, -0.25) is 14.4 Å². The summed E-state index contributed by atoms with van der Waals surface area (Å²) in [5, 5.41) is 39.8. The smallest absolute Gasteiger partial charge is 0.408 e. The van der Waals surface area contributed by atoms with Crippen LogP contribution in [0.1, 0.15) is 106 Å². The number of ether oxygens (including phenoxy) is 7. The molecule has 2 unspecified atom stereocenters. The molecule has 4 aliphatic rings. The summed E-state index contributed by atoms with van der Waals surface area (Å²) in [5.41, 5.74) is -8.16. The number of Topliss-reactive ketones (excluding diaryl/α,β-unsaturated/α-hetero) is 1. The Labute approximate surface area is 361 Å². The molecule has 2 saturated carbocycles. The second kappa shape index (κ2) is 17.4. The number of nitrogens with one attached hydrogen (secondary N) is 1. The number of allylic oxidation sites excluding steroid dienone is 1. The van der Waals surface area contributed by atoms with Crippen LogP contribution < -0.4 is 10.1 Å². The lowest BCUT2D eigenvalue weighted by atomic mass is 9.44. The third-order valence-electron chi connectivity index (χ3n) is 12.8. The molecule has 11 atom stereocenters. The molecular weight excluding hydrogens is 810 g/mol. The van der Waals surface area contributed by atoms with Gasteiger partial charge in [0.1, 0.15) is 35.3 Å². The molecule has 342 valence electrons. The number of hydrogen-bond donors (Lipinski definition) is 4. The third kappa shape index (κ3) is 8.60. The van der Waals surface area contributed by atoms with Gasteiger partial charge in [0.05, 0.1) is 42.8 Å². The average Bonchev–Trinajstić information content (AvgIpc) is 3.17. The number of benzene rings is 1. The zero-order valence-electron chi connectivity index (χ0n) is 37.5. The molecule has 1 aliphatic heterocycles. The zero-order valence-corrected chi connectivity index (χ0v) is 37.5. The Bertz CT molecular complexity index is 2030. The summed E-state index contributed by atoms with van der Waals surface area (Å²) in [7, 11) is 1.40. The predicted molar refractivity (Wildman–Crippen MR) is 218 cm³/mol. The summed E-state index contributed by atoms with van der Waals surface area (Å²) in [6, 6.07) is 4.62. The number of aliphatic hydroxyl groups excluding tert-OH is 2. The summed E-state index contributed by atoms with van der Waals surface area (Å²) in [6.45, 7) is 16.6. The minimum absolute atomic E-state index is 0.0131. The van der Waals surface area contributed by atoms with Crippen LogP contribution in [0.4, 0.5) is 4.79 Å². The number of hydrogen-bond acceptors (Lipinski definition) is 16. The summed E-state index contributed by atoms with van der Waals surface area (Å²) in [6.07, 6.45) is -10.4. The van der Waals surface area contributed by atoms with Crippen molar-refractivity contribution in [2.45, 2.75) is 155 Å². The number of ketones is 1. The number of carbonyl (C=O) groups is 6. The molecule has 2 bridgehead atoms. The summed E-state index contributed by atoms with van der Waals surface area (Å²) >= 11 is 0. The quantitative estimate of drug-likeness (QED) is 0.140. The maximum Gasteiger partial charge on any atom is 0.408 e. The molecule has 1 amide bonds. The molecule has 0 spiro atoms. The van der Waals surface area contributed by atoms with Crippen LogP contribution in [0.5, 0.6) is 5.75 Å². The van der Waals surface area contributed by atoms with Crippen LogP contribution in [0.25, 0.3) is 0 Å². The summed E-state index contributed by atoms with van der Waals surface area (Å²) in [4.78, 5) is 83.3. The maximum atomic E-state index is 15.6. The van der Waals surface area contributed by atoms with Gasteiger partial charge in [-0.05, 0) is 77.8 Å². The van der Waals surface area contributed by atoms with Crippen LogP contribution in [0, 0.1) is 16.7 Å². The number of aliphatic hydroxyl groups is 3. The fourth-order valence-corrected chi connectivity index (χ4v) is 9.61. The minimum atomic E-state index is -2.42.